The summed E-state index contributed by atoms with van der Waals surface area (Å²) in [7, 11) is -3.85. The van der Waals surface area contributed by atoms with Gasteiger partial charge in [0.15, 0.2) is 0 Å². The van der Waals surface area contributed by atoms with Gasteiger partial charge < -0.3 is 5.32 Å². The lowest BCUT2D eigenvalue weighted by atomic mass is 9.95. The number of nitrogens with zero attached hydrogens (tertiary/aromatic N) is 1. The van der Waals surface area contributed by atoms with Crippen LogP contribution in [0.2, 0.25) is 5.02 Å². The third kappa shape index (κ3) is 3.63. The number of hydrogen-bond acceptors (Lipinski definition) is 3. The van der Waals surface area contributed by atoms with Crippen LogP contribution in [0.5, 0.6) is 0 Å². The van der Waals surface area contributed by atoms with Crippen LogP contribution in [0.1, 0.15) is 48.0 Å². The lowest BCUT2D eigenvalue weighted by Gasteiger charge is -2.23. The third-order valence-corrected chi connectivity index (χ3v) is 7.84. The van der Waals surface area contributed by atoms with E-state index in [4.69, 9.17) is 11.6 Å². The highest BCUT2D eigenvalue weighted by Gasteiger charge is 2.32. The van der Waals surface area contributed by atoms with Gasteiger partial charge in [0.25, 0.3) is 15.9 Å². The van der Waals surface area contributed by atoms with E-state index in [9.17, 15) is 13.2 Å². The number of fused-ring (bicyclic) bond motifs is 1. The summed E-state index contributed by atoms with van der Waals surface area (Å²) in [6, 6.07) is 12.1. The van der Waals surface area contributed by atoms with Crippen LogP contribution in [0.4, 0.5) is 5.69 Å². The fourth-order valence-electron chi connectivity index (χ4n) is 4.03. The highest BCUT2D eigenvalue weighted by Crippen LogP contribution is 2.35. The van der Waals surface area contributed by atoms with Crippen molar-refractivity contribution in [2.24, 2.45) is 0 Å². The molecule has 1 amide bonds. The van der Waals surface area contributed by atoms with Gasteiger partial charge in [-0.1, -0.05) is 49.1 Å². The van der Waals surface area contributed by atoms with E-state index in [1.54, 1.807) is 12.1 Å². The zero-order valence-electron chi connectivity index (χ0n) is 15.5. The smallest absolute Gasteiger partial charge is 0.265 e. The Morgan fingerprint density at radius 1 is 1.07 bits per heavy atom. The lowest BCUT2D eigenvalue weighted by Crippen LogP contribution is -2.36. The van der Waals surface area contributed by atoms with Gasteiger partial charge in [0.05, 0.1) is 10.7 Å². The number of carbonyl (C=O) groups is 1. The van der Waals surface area contributed by atoms with E-state index in [1.807, 2.05) is 18.2 Å². The Bertz CT molecular complexity index is 1000. The summed E-state index contributed by atoms with van der Waals surface area (Å²) < 4.78 is 28.0. The van der Waals surface area contributed by atoms with E-state index >= 15 is 0 Å². The number of para-hydroxylation sites is 1. The van der Waals surface area contributed by atoms with Gasteiger partial charge in [-0.25, -0.2) is 8.42 Å². The van der Waals surface area contributed by atoms with Crippen LogP contribution in [0.3, 0.4) is 0 Å². The molecule has 0 unspecified atom stereocenters. The maximum absolute atomic E-state index is 13.3. The van der Waals surface area contributed by atoms with Crippen LogP contribution >= 0.6 is 11.6 Å². The number of amides is 1. The second-order valence-electron chi connectivity index (χ2n) is 7.41. The largest absolute Gasteiger partial charge is 0.349 e. The minimum Gasteiger partial charge on any atom is -0.349 e. The first kappa shape index (κ1) is 19.3. The molecule has 7 heteroatoms. The van der Waals surface area contributed by atoms with Crippen LogP contribution in [-0.4, -0.2) is 26.9 Å². The number of rotatable bonds is 4. The van der Waals surface area contributed by atoms with Gasteiger partial charge in [-0.05, 0) is 49.1 Å². The molecule has 1 fully saturated rings. The number of anilines is 1. The Morgan fingerprint density at radius 3 is 2.61 bits per heavy atom. The van der Waals surface area contributed by atoms with Crippen molar-refractivity contribution in [3.05, 3.63) is 58.6 Å². The molecule has 1 N–H and O–H groups in total. The third-order valence-electron chi connectivity index (χ3n) is 5.55. The maximum atomic E-state index is 13.3. The first-order valence-electron chi connectivity index (χ1n) is 9.68. The number of sulfonamides is 1. The molecule has 4 rings (SSSR count). The molecule has 148 valence electrons. The zero-order chi connectivity index (χ0) is 19.7. The Morgan fingerprint density at radius 2 is 1.82 bits per heavy atom. The Labute approximate surface area is 170 Å². The van der Waals surface area contributed by atoms with E-state index < -0.39 is 10.0 Å². The molecular formula is C21H23ClN2O3S. The molecular weight excluding hydrogens is 396 g/mol. The van der Waals surface area contributed by atoms with Crippen LogP contribution in [0, 0.1) is 0 Å². The predicted octanol–water partition coefficient (Wildman–Crippen LogP) is 4.15. The number of carbonyl (C=O) groups excluding carboxylic acids is 1. The average Bonchev–Trinajstić information content (AvgIpc) is 3.14. The van der Waals surface area contributed by atoms with Crippen LogP contribution < -0.4 is 9.62 Å². The van der Waals surface area contributed by atoms with Gasteiger partial charge >= 0.3 is 0 Å². The highest BCUT2D eigenvalue weighted by atomic mass is 35.5. The van der Waals surface area contributed by atoms with E-state index in [0.29, 0.717) is 24.2 Å². The molecule has 1 aliphatic carbocycles. The monoisotopic (exact) mass is 418 g/mol. The number of halogens is 1. The molecule has 2 aliphatic rings. The van der Waals surface area contributed by atoms with Crippen molar-refractivity contribution in [3.63, 3.8) is 0 Å². The maximum Gasteiger partial charge on any atom is 0.265 e. The zero-order valence-corrected chi connectivity index (χ0v) is 17.1. The highest BCUT2D eigenvalue weighted by molar-refractivity contribution is 7.93. The van der Waals surface area contributed by atoms with E-state index in [0.717, 1.165) is 31.2 Å². The number of benzene rings is 2. The quantitative estimate of drug-likeness (QED) is 0.810. The first-order chi connectivity index (χ1) is 13.5. The van der Waals surface area contributed by atoms with E-state index in [-0.39, 0.29) is 21.9 Å². The van der Waals surface area contributed by atoms with Crippen molar-refractivity contribution in [2.75, 3.05) is 10.8 Å². The molecule has 28 heavy (non-hydrogen) atoms. The van der Waals surface area contributed by atoms with Crippen molar-refractivity contribution in [1.29, 1.82) is 0 Å². The lowest BCUT2D eigenvalue weighted by molar-refractivity contribution is 0.0927. The van der Waals surface area contributed by atoms with Gasteiger partial charge in [-0.3, -0.25) is 9.10 Å². The second-order valence-corrected chi connectivity index (χ2v) is 9.65. The second kappa shape index (κ2) is 7.76. The molecule has 1 heterocycles. The summed E-state index contributed by atoms with van der Waals surface area (Å²) in [5.41, 5.74) is 1.99. The van der Waals surface area contributed by atoms with E-state index in [2.05, 4.69) is 5.32 Å². The molecule has 0 radical (unpaired) electrons. The van der Waals surface area contributed by atoms with Crippen molar-refractivity contribution >= 4 is 33.2 Å². The molecule has 0 spiro atoms. The molecule has 5 nitrogen and oxygen atoms in total. The fourth-order valence-corrected chi connectivity index (χ4v) is 6.04. The summed E-state index contributed by atoms with van der Waals surface area (Å²) in [5.74, 6) is -0.248. The Balaban J connectivity index is 1.63. The molecule has 0 bridgehead atoms. The SMILES string of the molecule is O=C(NC1CCCCC1)c1ccc(Cl)c(S(=O)(=O)N2CCc3ccccc32)c1. The van der Waals surface area contributed by atoms with E-state index in [1.165, 1.54) is 22.9 Å². The standard InChI is InChI=1S/C21H23ClN2O3S/c22-18-11-10-16(21(25)23-17-7-2-1-3-8-17)14-20(18)28(26,27)24-13-12-15-6-4-5-9-19(15)24/h4-6,9-11,14,17H,1-3,7-8,12-13H2,(H,23,25). The van der Waals surface area contributed by atoms with Gasteiger partial charge in [0.1, 0.15) is 4.90 Å². The first-order valence-corrected chi connectivity index (χ1v) is 11.5. The Hall–Kier alpha value is -2.05. The summed E-state index contributed by atoms with van der Waals surface area (Å²) in [4.78, 5) is 12.6. The number of nitrogens with one attached hydrogen (secondary N) is 1. The summed E-state index contributed by atoms with van der Waals surface area (Å²) >= 11 is 6.25. The summed E-state index contributed by atoms with van der Waals surface area (Å²) in [6.45, 7) is 0.372. The average molecular weight is 419 g/mol. The van der Waals surface area contributed by atoms with Crippen molar-refractivity contribution < 1.29 is 13.2 Å². The van der Waals surface area contributed by atoms with Crippen molar-refractivity contribution in [2.45, 2.75) is 49.5 Å². The van der Waals surface area contributed by atoms with Crippen LogP contribution in [0.25, 0.3) is 0 Å². The number of hydrogen-bond donors (Lipinski definition) is 1. The van der Waals surface area contributed by atoms with Gasteiger partial charge in [0, 0.05) is 18.2 Å². The topological polar surface area (TPSA) is 66.5 Å². The van der Waals surface area contributed by atoms with Crippen LogP contribution in [-0.2, 0) is 16.4 Å². The molecule has 2 aromatic rings. The van der Waals surface area contributed by atoms with Crippen LogP contribution in [0.15, 0.2) is 47.4 Å². The molecule has 2 aromatic carbocycles. The van der Waals surface area contributed by atoms with Gasteiger partial charge in [-0.2, -0.15) is 0 Å². The molecule has 1 saturated carbocycles. The molecule has 0 atom stereocenters. The van der Waals surface area contributed by atoms with Crippen molar-refractivity contribution in [3.8, 4) is 0 Å². The summed E-state index contributed by atoms with van der Waals surface area (Å²) in [5, 5.41) is 3.15. The fraction of sp³-hybridized carbons (Fsp3) is 0.381. The normalized spacial score (nSPS) is 17.4. The molecule has 0 aromatic heterocycles. The minimum absolute atomic E-state index is 0.0258. The predicted molar refractivity (Wildman–Crippen MR) is 110 cm³/mol. The Kier molecular flexibility index (Phi) is 5.34. The summed E-state index contributed by atoms with van der Waals surface area (Å²) in [6.07, 6.45) is 6.02. The molecule has 0 saturated heterocycles. The van der Waals surface area contributed by atoms with Gasteiger partial charge in [-0.15, -0.1) is 0 Å². The molecule has 1 aliphatic heterocycles. The van der Waals surface area contributed by atoms with Crippen molar-refractivity contribution in [1.82, 2.24) is 5.32 Å². The van der Waals surface area contributed by atoms with Gasteiger partial charge in [0.2, 0.25) is 0 Å². The minimum atomic E-state index is -3.85.